The van der Waals surface area contributed by atoms with Crippen LogP contribution in [0.25, 0.3) is 0 Å². The number of piperidine rings is 1. The molecule has 0 spiro atoms. The van der Waals surface area contributed by atoms with Crippen LogP contribution in [0.3, 0.4) is 0 Å². The Morgan fingerprint density at radius 1 is 0.938 bits per heavy atom. The Morgan fingerprint density at radius 3 is 2.23 bits per heavy atom. The zero-order chi connectivity index (χ0) is 34.2. The highest BCUT2D eigenvalue weighted by Gasteiger charge is 2.57. The van der Waals surface area contributed by atoms with Crippen molar-refractivity contribution in [1.82, 2.24) is 9.80 Å². The van der Waals surface area contributed by atoms with Gasteiger partial charge in [0.25, 0.3) is 5.91 Å². The predicted molar refractivity (Wildman–Crippen MR) is 175 cm³/mol. The number of carbonyl (C=O) groups excluding carboxylic acids is 2. The first-order valence-corrected chi connectivity index (χ1v) is 17.4. The third-order valence-electron chi connectivity index (χ3n) is 11.5. The van der Waals surface area contributed by atoms with E-state index in [1.807, 2.05) is 24.0 Å². The maximum atomic E-state index is 17.6. The van der Waals surface area contributed by atoms with Gasteiger partial charge in [-0.3, -0.25) is 14.5 Å². The van der Waals surface area contributed by atoms with Crippen LogP contribution in [0.15, 0.2) is 42.5 Å². The van der Waals surface area contributed by atoms with Gasteiger partial charge in [0.05, 0.1) is 25.7 Å². The van der Waals surface area contributed by atoms with Crippen molar-refractivity contribution in [3.8, 4) is 5.75 Å². The molecule has 1 aliphatic carbocycles. The fourth-order valence-electron chi connectivity index (χ4n) is 8.72. The van der Waals surface area contributed by atoms with Gasteiger partial charge in [0.2, 0.25) is 5.67 Å². The summed E-state index contributed by atoms with van der Waals surface area (Å²) < 4.78 is 69.7. The summed E-state index contributed by atoms with van der Waals surface area (Å²) in [5.41, 5.74) is -0.900. The van der Waals surface area contributed by atoms with Crippen molar-refractivity contribution in [2.75, 3.05) is 58.4 Å². The van der Waals surface area contributed by atoms with Crippen LogP contribution in [0.5, 0.6) is 5.75 Å². The second-order valence-corrected chi connectivity index (χ2v) is 14.1. The number of hydrogen-bond donors (Lipinski definition) is 0. The number of anilines is 1. The van der Waals surface area contributed by atoms with E-state index in [1.54, 1.807) is 30.2 Å². The molecule has 48 heavy (non-hydrogen) atoms. The van der Waals surface area contributed by atoms with Gasteiger partial charge < -0.3 is 19.3 Å². The van der Waals surface area contributed by atoms with Crippen molar-refractivity contribution in [3.63, 3.8) is 0 Å². The Morgan fingerprint density at radius 2 is 1.62 bits per heavy atom. The standard InChI is InChI=1S/C37H47F4N3O4/c1-4-24-20-43(35(46)36(38)23-44(28-7-5-6-8-28)22-32(36)25-9-12-29(47-2)13-10-25)21-31(24)30-14-11-27(37(39,40)41)19-33(30)42-17-15-26(16-18-42)34(45)48-3/h9-14,19,24,26,28,31-32H,4-8,15-18,20-23H2,1-3H3/t24-,31-,32-,36-/m0/s1. The smallest absolute Gasteiger partial charge is 0.416 e. The van der Waals surface area contributed by atoms with E-state index in [9.17, 15) is 22.8 Å². The van der Waals surface area contributed by atoms with Crippen LogP contribution >= 0.6 is 0 Å². The summed E-state index contributed by atoms with van der Waals surface area (Å²) in [6.45, 7) is 3.90. The van der Waals surface area contributed by atoms with E-state index in [0.717, 1.165) is 42.9 Å². The molecule has 3 heterocycles. The molecule has 4 aliphatic rings. The third kappa shape index (κ3) is 6.63. The fraction of sp³-hybridized carbons (Fsp3) is 0.622. The van der Waals surface area contributed by atoms with Gasteiger partial charge in [0.15, 0.2) is 0 Å². The van der Waals surface area contributed by atoms with Gasteiger partial charge in [-0.25, -0.2) is 4.39 Å². The maximum absolute atomic E-state index is 17.6. The summed E-state index contributed by atoms with van der Waals surface area (Å²) >= 11 is 0. The Labute approximate surface area is 280 Å². The summed E-state index contributed by atoms with van der Waals surface area (Å²) in [4.78, 5) is 32.4. The van der Waals surface area contributed by atoms with Gasteiger partial charge >= 0.3 is 12.1 Å². The van der Waals surface area contributed by atoms with Gasteiger partial charge in [-0.2, -0.15) is 13.2 Å². The number of amides is 1. The molecule has 0 N–H and O–H groups in total. The lowest BCUT2D eigenvalue weighted by atomic mass is 9.84. The molecule has 0 unspecified atom stereocenters. The van der Waals surface area contributed by atoms with Crippen LogP contribution < -0.4 is 9.64 Å². The summed E-state index contributed by atoms with van der Waals surface area (Å²) in [5.74, 6) is -1.42. The van der Waals surface area contributed by atoms with E-state index < -0.39 is 29.2 Å². The molecular weight excluding hydrogens is 626 g/mol. The van der Waals surface area contributed by atoms with Crippen LogP contribution in [-0.2, 0) is 20.5 Å². The third-order valence-corrected chi connectivity index (χ3v) is 11.5. The molecule has 2 aromatic rings. The molecule has 4 fully saturated rings. The molecular formula is C37H47F4N3O4. The number of carbonyl (C=O) groups is 2. The molecule has 0 bridgehead atoms. The van der Waals surface area contributed by atoms with Crippen LogP contribution in [0.1, 0.15) is 80.4 Å². The van der Waals surface area contributed by atoms with E-state index in [-0.39, 0.29) is 42.9 Å². The van der Waals surface area contributed by atoms with Crippen molar-refractivity contribution in [2.45, 2.75) is 81.6 Å². The second-order valence-electron chi connectivity index (χ2n) is 14.1. The number of benzene rings is 2. The van der Waals surface area contributed by atoms with Crippen LogP contribution in [0.2, 0.25) is 0 Å². The number of ether oxygens (including phenoxy) is 2. The number of alkyl halides is 4. The average molecular weight is 674 g/mol. The molecule has 3 saturated heterocycles. The summed E-state index contributed by atoms with van der Waals surface area (Å²) in [7, 11) is 2.92. The van der Waals surface area contributed by atoms with Crippen molar-refractivity contribution >= 4 is 17.6 Å². The van der Waals surface area contributed by atoms with Gasteiger partial charge in [-0.1, -0.05) is 44.4 Å². The molecule has 262 valence electrons. The summed E-state index contributed by atoms with van der Waals surface area (Å²) in [6, 6.07) is 11.4. The maximum Gasteiger partial charge on any atom is 0.416 e. The summed E-state index contributed by atoms with van der Waals surface area (Å²) in [6.07, 6.45) is 1.31. The predicted octanol–water partition coefficient (Wildman–Crippen LogP) is 6.81. The number of esters is 1. The minimum atomic E-state index is -4.52. The first kappa shape index (κ1) is 34.5. The zero-order valence-electron chi connectivity index (χ0n) is 28.1. The van der Waals surface area contributed by atoms with Crippen molar-refractivity contribution < 1.29 is 36.6 Å². The molecule has 11 heteroatoms. The minimum Gasteiger partial charge on any atom is -0.497 e. The van der Waals surface area contributed by atoms with Crippen LogP contribution in [0, 0.1) is 11.8 Å². The van der Waals surface area contributed by atoms with Gasteiger partial charge in [0, 0.05) is 62.8 Å². The lowest BCUT2D eigenvalue weighted by Gasteiger charge is -2.35. The highest BCUT2D eigenvalue weighted by molar-refractivity contribution is 5.88. The fourth-order valence-corrected chi connectivity index (χ4v) is 8.72. The largest absolute Gasteiger partial charge is 0.497 e. The van der Waals surface area contributed by atoms with Crippen LogP contribution in [0.4, 0.5) is 23.2 Å². The molecule has 3 aliphatic heterocycles. The van der Waals surface area contributed by atoms with E-state index in [4.69, 9.17) is 9.47 Å². The molecule has 2 aromatic carbocycles. The van der Waals surface area contributed by atoms with E-state index in [1.165, 1.54) is 13.2 Å². The molecule has 1 amide bonds. The van der Waals surface area contributed by atoms with Crippen LogP contribution in [-0.4, -0.2) is 86.9 Å². The SMILES string of the molecule is CC[C@H]1CN(C(=O)[C@]2(F)CN(C3CCCC3)C[C@H]2c2ccc(OC)cc2)C[C@@H]1c1ccc(C(F)(F)F)cc1N1CCC(C(=O)OC)CC1. The average Bonchev–Trinajstić information content (AvgIpc) is 3.87. The number of nitrogens with zero attached hydrogens (tertiary/aromatic N) is 3. The van der Waals surface area contributed by atoms with Crippen molar-refractivity contribution in [3.05, 3.63) is 59.2 Å². The highest BCUT2D eigenvalue weighted by atomic mass is 19.4. The Balaban J connectivity index is 1.29. The highest BCUT2D eigenvalue weighted by Crippen LogP contribution is 2.47. The summed E-state index contributed by atoms with van der Waals surface area (Å²) in [5, 5.41) is 0. The molecule has 4 atom stereocenters. The number of halogens is 4. The normalized spacial score (nSPS) is 27.5. The topological polar surface area (TPSA) is 62.3 Å². The molecule has 6 rings (SSSR count). The lowest BCUT2D eigenvalue weighted by molar-refractivity contribution is -0.146. The monoisotopic (exact) mass is 673 g/mol. The Kier molecular flexibility index (Phi) is 9.98. The number of likely N-dealkylation sites (tertiary alicyclic amines) is 2. The molecule has 1 saturated carbocycles. The van der Waals surface area contributed by atoms with Gasteiger partial charge in [-0.15, -0.1) is 0 Å². The Bertz CT molecular complexity index is 1460. The first-order chi connectivity index (χ1) is 23.0. The number of rotatable bonds is 8. The second kappa shape index (κ2) is 13.9. The quantitative estimate of drug-likeness (QED) is 0.227. The molecule has 7 nitrogen and oxygen atoms in total. The minimum absolute atomic E-state index is 0.0336. The zero-order valence-corrected chi connectivity index (χ0v) is 28.1. The lowest BCUT2D eigenvalue weighted by Crippen LogP contribution is -2.50. The Hall–Kier alpha value is -3.34. The van der Waals surface area contributed by atoms with Crippen molar-refractivity contribution in [1.29, 1.82) is 0 Å². The van der Waals surface area contributed by atoms with Gasteiger partial charge in [0.1, 0.15) is 5.75 Å². The first-order valence-electron chi connectivity index (χ1n) is 17.4. The van der Waals surface area contributed by atoms with E-state index in [0.29, 0.717) is 56.9 Å². The molecule has 0 aromatic heterocycles. The van der Waals surface area contributed by atoms with Crippen molar-refractivity contribution in [2.24, 2.45) is 11.8 Å². The van der Waals surface area contributed by atoms with E-state index >= 15 is 4.39 Å². The number of methoxy groups -OCH3 is 2. The number of hydrogen-bond acceptors (Lipinski definition) is 6. The van der Waals surface area contributed by atoms with Gasteiger partial charge in [-0.05, 0) is 67.0 Å². The van der Waals surface area contributed by atoms with E-state index in [2.05, 4.69) is 4.90 Å². The molecule has 0 radical (unpaired) electrons.